The Morgan fingerprint density at radius 1 is 0.483 bits per heavy atom. The summed E-state index contributed by atoms with van der Waals surface area (Å²) < 4.78 is 42.0. The molecule has 0 saturated carbocycles. The van der Waals surface area contributed by atoms with E-state index in [0.717, 1.165) is 28.3 Å². The van der Waals surface area contributed by atoms with E-state index >= 15 is 0 Å². The molecular weight excluding hydrogens is 369 g/mol. The van der Waals surface area contributed by atoms with Crippen LogP contribution in [0, 0.1) is 31.3 Å². The van der Waals surface area contributed by atoms with Gasteiger partial charge in [0, 0.05) is 5.56 Å². The Balaban J connectivity index is 1.65. The molecule has 3 heteroatoms. The van der Waals surface area contributed by atoms with E-state index in [4.69, 9.17) is 0 Å². The summed E-state index contributed by atoms with van der Waals surface area (Å²) in [6.45, 7) is 3.51. The molecule has 0 nitrogen and oxygen atoms in total. The number of aryl methyl sites for hydroxylation is 2. The average Bonchev–Trinajstić information content (AvgIpc) is 2.72. The zero-order valence-corrected chi connectivity index (χ0v) is 16.1. The fraction of sp³-hybridized carbons (Fsp3) is 0.0769. The summed E-state index contributed by atoms with van der Waals surface area (Å²) in [5.74, 6) is -2.36. The molecule has 0 aromatic heterocycles. The monoisotopic (exact) mass is 388 g/mol. The quantitative estimate of drug-likeness (QED) is 0.337. The van der Waals surface area contributed by atoms with Crippen LogP contribution in [-0.4, -0.2) is 0 Å². The summed E-state index contributed by atoms with van der Waals surface area (Å²) in [7, 11) is 0. The number of hydrogen-bond donors (Lipinski definition) is 0. The molecule has 0 heterocycles. The van der Waals surface area contributed by atoms with Gasteiger partial charge in [0.2, 0.25) is 0 Å². The molecule has 0 spiro atoms. The van der Waals surface area contributed by atoms with Crippen LogP contribution < -0.4 is 0 Å². The first kappa shape index (κ1) is 19.0. The molecular formula is C26H19F3. The standard InChI is InChI=1S/C26H19F3/c1-16-3-5-18(6-4-16)19-7-9-20(10-8-19)21-11-12-23(24(27)14-21)22-13-17(2)26(29)25(28)15-22/h3-15H,1-2H3. The first-order valence-electron chi connectivity index (χ1n) is 9.35. The van der Waals surface area contributed by atoms with Crippen molar-refractivity contribution in [1.29, 1.82) is 0 Å². The van der Waals surface area contributed by atoms with Crippen molar-refractivity contribution in [3.8, 4) is 33.4 Å². The topological polar surface area (TPSA) is 0 Å². The van der Waals surface area contributed by atoms with Crippen molar-refractivity contribution in [2.45, 2.75) is 13.8 Å². The highest BCUT2D eigenvalue weighted by Crippen LogP contribution is 2.31. The molecule has 0 radical (unpaired) electrons. The lowest BCUT2D eigenvalue weighted by Crippen LogP contribution is -1.93. The maximum Gasteiger partial charge on any atom is 0.161 e. The number of hydrogen-bond acceptors (Lipinski definition) is 0. The molecule has 0 fully saturated rings. The third-order valence-electron chi connectivity index (χ3n) is 5.09. The van der Waals surface area contributed by atoms with Gasteiger partial charge in [-0.2, -0.15) is 0 Å². The molecule has 0 aliphatic carbocycles. The molecule has 0 bridgehead atoms. The van der Waals surface area contributed by atoms with Gasteiger partial charge in [-0.3, -0.25) is 0 Å². The summed E-state index contributed by atoms with van der Waals surface area (Å²) in [5, 5.41) is 0. The van der Waals surface area contributed by atoms with Crippen molar-refractivity contribution in [3.05, 3.63) is 107 Å². The molecule has 0 unspecified atom stereocenters. The van der Waals surface area contributed by atoms with Gasteiger partial charge in [-0.15, -0.1) is 0 Å². The van der Waals surface area contributed by atoms with Gasteiger partial charge < -0.3 is 0 Å². The lowest BCUT2D eigenvalue weighted by atomic mass is 9.96. The van der Waals surface area contributed by atoms with Gasteiger partial charge >= 0.3 is 0 Å². The van der Waals surface area contributed by atoms with Gasteiger partial charge in [0.1, 0.15) is 5.82 Å². The minimum absolute atomic E-state index is 0.148. The first-order valence-corrected chi connectivity index (χ1v) is 9.35. The molecule has 29 heavy (non-hydrogen) atoms. The highest BCUT2D eigenvalue weighted by molar-refractivity contribution is 5.74. The van der Waals surface area contributed by atoms with Crippen LogP contribution >= 0.6 is 0 Å². The normalized spacial score (nSPS) is 10.9. The summed E-state index contributed by atoms with van der Waals surface area (Å²) in [6, 6.07) is 23.5. The SMILES string of the molecule is Cc1ccc(-c2ccc(-c3ccc(-c4cc(C)c(F)c(F)c4)c(F)c3)cc2)cc1. The third kappa shape index (κ3) is 3.81. The van der Waals surface area contributed by atoms with Gasteiger partial charge in [-0.05, 0) is 65.4 Å². The largest absolute Gasteiger partial charge is 0.206 e. The smallest absolute Gasteiger partial charge is 0.161 e. The van der Waals surface area contributed by atoms with Crippen LogP contribution in [0.3, 0.4) is 0 Å². The maximum absolute atomic E-state index is 14.8. The Morgan fingerprint density at radius 3 is 1.52 bits per heavy atom. The molecule has 0 amide bonds. The van der Waals surface area contributed by atoms with Crippen LogP contribution in [0.25, 0.3) is 33.4 Å². The Bertz CT molecular complexity index is 1150. The second kappa shape index (κ2) is 7.59. The van der Waals surface area contributed by atoms with E-state index in [0.29, 0.717) is 5.56 Å². The predicted molar refractivity (Wildman–Crippen MR) is 112 cm³/mol. The third-order valence-corrected chi connectivity index (χ3v) is 5.09. The van der Waals surface area contributed by atoms with Gasteiger partial charge in [0.05, 0.1) is 0 Å². The summed E-state index contributed by atoms with van der Waals surface area (Å²) in [5.41, 5.74) is 5.73. The number of halogens is 3. The van der Waals surface area contributed by atoms with Crippen LogP contribution in [0.2, 0.25) is 0 Å². The molecule has 4 rings (SSSR count). The van der Waals surface area contributed by atoms with Gasteiger partial charge in [0.15, 0.2) is 11.6 Å². The zero-order chi connectivity index (χ0) is 20.5. The second-order valence-corrected chi connectivity index (χ2v) is 7.23. The second-order valence-electron chi connectivity index (χ2n) is 7.23. The van der Waals surface area contributed by atoms with Gasteiger partial charge in [-0.1, -0.05) is 66.2 Å². The van der Waals surface area contributed by atoms with Crippen molar-refractivity contribution < 1.29 is 13.2 Å². The minimum Gasteiger partial charge on any atom is -0.206 e. The fourth-order valence-corrected chi connectivity index (χ4v) is 3.41. The predicted octanol–water partition coefficient (Wildman–Crippen LogP) is 7.72. The molecule has 0 N–H and O–H groups in total. The van der Waals surface area contributed by atoms with Crippen molar-refractivity contribution in [2.75, 3.05) is 0 Å². The van der Waals surface area contributed by atoms with Crippen LogP contribution in [0.5, 0.6) is 0 Å². The minimum atomic E-state index is -0.977. The van der Waals surface area contributed by atoms with Crippen molar-refractivity contribution in [2.24, 2.45) is 0 Å². The number of rotatable bonds is 3. The van der Waals surface area contributed by atoms with E-state index in [1.54, 1.807) is 12.1 Å². The molecule has 0 saturated heterocycles. The summed E-state index contributed by atoms with van der Waals surface area (Å²) >= 11 is 0. The highest BCUT2D eigenvalue weighted by atomic mass is 19.2. The van der Waals surface area contributed by atoms with E-state index in [1.807, 2.05) is 31.2 Å². The Kier molecular flexibility index (Phi) is 4.98. The van der Waals surface area contributed by atoms with Gasteiger partial charge in [-0.25, -0.2) is 13.2 Å². The molecule has 4 aromatic carbocycles. The van der Waals surface area contributed by atoms with Crippen LogP contribution in [0.4, 0.5) is 13.2 Å². The maximum atomic E-state index is 14.8. The molecule has 0 aliphatic rings. The van der Waals surface area contributed by atoms with E-state index in [2.05, 4.69) is 24.3 Å². The summed E-state index contributed by atoms with van der Waals surface area (Å²) in [6.07, 6.45) is 0. The van der Waals surface area contributed by atoms with E-state index in [-0.39, 0.29) is 11.1 Å². The average molecular weight is 388 g/mol. The van der Waals surface area contributed by atoms with Crippen molar-refractivity contribution in [3.63, 3.8) is 0 Å². The lowest BCUT2D eigenvalue weighted by Gasteiger charge is -2.10. The Labute approximate surface area is 168 Å². The lowest BCUT2D eigenvalue weighted by molar-refractivity contribution is 0.503. The highest BCUT2D eigenvalue weighted by Gasteiger charge is 2.13. The van der Waals surface area contributed by atoms with E-state index in [9.17, 15) is 13.2 Å². The van der Waals surface area contributed by atoms with Crippen LogP contribution in [0.15, 0.2) is 78.9 Å². The van der Waals surface area contributed by atoms with Crippen molar-refractivity contribution >= 4 is 0 Å². The van der Waals surface area contributed by atoms with E-state index < -0.39 is 17.5 Å². The molecule has 0 aliphatic heterocycles. The Hall–Kier alpha value is -3.33. The first-order chi connectivity index (χ1) is 13.9. The van der Waals surface area contributed by atoms with Crippen LogP contribution in [-0.2, 0) is 0 Å². The van der Waals surface area contributed by atoms with Crippen molar-refractivity contribution in [1.82, 2.24) is 0 Å². The van der Waals surface area contributed by atoms with Crippen LogP contribution in [0.1, 0.15) is 11.1 Å². The van der Waals surface area contributed by atoms with Gasteiger partial charge in [0.25, 0.3) is 0 Å². The summed E-state index contributed by atoms with van der Waals surface area (Å²) in [4.78, 5) is 0. The number of benzene rings is 4. The zero-order valence-electron chi connectivity index (χ0n) is 16.1. The molecule has 4 aromatic rings. The fourth-order valence-electron chi connectivity index (χ4n) is 3.41. The van der Waals surface area contributed by atoms with E-state index in [1.165, 1.54) is 24.6 Å². The Morgan fingerprint density at radius 2 is 0.966 bits per heavy atom. The molecule has 144 valence electrons. The molecule has 0 atom stereocenters.